The molecule has 0 saturated carbocycles. The highest BCUT2D eigenvalue weighted by Gasteiger charge is 2.31. The third-order valence-electron chi connectivity index (χ3n) is 3.71. The first-order valence-electron chi connectivity index (χ1n) is 7.00. The Balaban J connectivity index is 2.27. The highest BCUT2D eigenvalue weighted by Crippen LogP contribution is 2.57. The van der Waals surface area contributed by atoms with Crippen molar-refractivity contribution in [1.82, 2.24) is 0 Å². The Hall–Kier alpha value is 0.520. The molecule has 0 aromatic rings. The van der Waals surface area contributed by atoms with Gasteiger partial charge in [-0.25, -0.2) is 10.0 Å². The summed E-state index contributed by atoms with van der Waals surface area (Å²) in [6.45, 7) is 7.08. The van der Waals surface area contributed by atoms with Gasteiger partial charge in [-0.15, -0.1) is 0 Å². The Morgan fingerprint density at radius 2 is 1.88 bits per heavy atom. The first-order chi connectivity index (χ1) is 7.72. The van der Waals surface area contributed by atoms with Crippen molar-refractivity contribution in [1.29, 1.82) is 0 Å². The fourth-order valence-electron chi connectivity index (χ4n) is 2.46. The molecule has 0 aliphatic carbocycles. The zero-order valence-corrected chi connectivity index (χ0v) is 13.2. The smallest absolute Gasteiger partial charge is 0.113 e. The number of hydrogen-bond donors (Lipinski definition) is 0. The van der Waals surface area contributed by atoms with Crippen LogP contribution < -0.4 is 0 Å². The van der Waals surface area contributed by atoms with Crippen LogP contribution >= 0.6 is 17.6 Å². The number of rotatable bonds is 8. The summed E-state index contributed by atoms with van der Waals surface area (Å²) in [6, 6.07) is 0. The molecule has 0 aromatic heterocycles. The molecule has 96 valence electrons. The highest BCUT2D eigenvalue weighted by molar-refractivity contribution is 8.34. The van der Waals surface area contributed by atoms with E-state index in [0.29, 0.717) is 0 Å². The lowest BCUT2D eigenvalue weighted by molar-refractivity contribution is 0.770. The van der Waals surface area contributed by atoms with Crippen LogP contribution in [0.15, 0.2) is 0 Å². The predicted octanol–water partition coefficient (Wildman–Crippen LogP) is 4.71. The van der Waals surface area contributed by atoms with Crippen LogP contribution in [0.3, 0.4) is 0 Å². The van der Waals surface area contributed by atoms with Crippen LogP contribution in [0.4, 0.5) is 0 Å². The van der Waals surface area contributed by atoms with E-state index in [4.69, 9.17) is 0 Å². The van der Waals surface area contributed by atoms with E-state index in [1.54, 1.807) is 29.4 Å². The average Bonchev–Trinajstić information content (AvgIpc) is 2.21. The molecule has 0 aromatic carbocycles. The topological polar surface area (TPSA) is 0 Å². The van der Waals surface area contributed by atoms with Crippen LogP contribution in [0.2, 0.25) is 0 Å². The molecule has 0 nitrogen and oxygen atoms in total. The molecule has 0 amide bonds. The van der Waals surface area contributed by atoms with E-state index in [1.807, 2.05) is 0 Å². The van der Waals surface area contributed by atoms with Crippen molar-refractivity contribution in [2.24, 2.45) is 0 Å². The quantitative estimate of drug-likeness (QED) is 0.438. The Morgan fingerprint density at radius 1 is 1.12 bits per heavy atom. The highest BCUT2D eigenvalue weighted by atomic mass is 32.3. The summed E-state index contributed by atoms with van der Waals surface area (Å²) in [5.74, 6) is 9.01. The van der Waals surface area contributed by atoms with Crippen molar-refractivity contribution in [2.75, 3.05) is 35.8 Å². The van der Waals surface area contributed by atoms with Gasteiger partial charge in [0.2, 0.25) is 0 Å². The average molecular weight is 261 g/mol. The van der Waals surface area contributed by atoms with Crippen LogP contribution in [0, 0.1) is 0 Å². The van der Waals surface area contributed by atoms with Crippen molar-refractivity contribution >= 4 is 23.4 Å². The lowest BCUT2D eigenvalue weighted by Crippen LogP contribution is -2.28. The molecule has 16 heavy (non-hydrogen) atoms. The van der Waals surface area contributed by atoms with Gasteiger partial charge in [-0.1, -0.05) is 26.7 Å². The third-order valence-corrected chi connectivity index (χ3v) is 10.5. The molecular weight excluding hydrogens is 231 g/mol. The van der Waals surface area contributed by atoms with Crippen LogP contribution in [0.25, 0.3) is 0 Å². The summed E-state index contributed by atoms with van der Waals surface area (Å²) in [4.78, 5) is 0. The molecule has 2 heteroatoms. The molecule has 1 heterocycles. The zero-order chi connectivity index (χ0) is 11.9. The van der Waals surface area contributed by atoms with E-state index in [2.05, 4.69) is 26.3 Å². The molecular formula is C14H30PS+. The van der Waals surface area contributed by atoms with Crippen LogP contribution in [-0.4, -0.2) is 41.6 Å². The molecule has 1 unspecified atom stereocenters. The minimum atomic E-state index is -0.0858. The molecule has 0 bridgehead atoms. The van der Waals surface area contributed by atoms with Crippen molar-refractivity contribution in [2.45, 2.75) is 46.0 Å². The Labute approximate surface area is 105 Å². The first kappa shape index (κ1) is 14.6. The molecule has 0 N–H and O–H groups in total. The van der Waals surface area contributed by atoms with Gasteiger partial charge in [0.25, 0.3) is 0 Å². The number of hydrogen-bond acceptors (Lipinski definition) is 0. The molecule has 1 rings (SSSR count). The number of unbranched alkanes of at least 4 members (excludes halogenated alkanes) is 2. The molecule has 1 aliphatic rings. The van der Waals surface area contributed by atoms with Crippen molar-refractivity contribution in [3.8, 4) is 0 Å². The first-order valence-corrected chi connectivity index (χ1v) is 11.4. The van der Waals surface area contributed by atoms with Crippen molar-refractivity contribution in [3.05, 3.63) is 0 Å². The van der Waals surface area contributed by atoms with Crippen molar-refractivity contribution < 1.29 is 0 Å². The summed E-state index contributed by atoms with van der Waals surface area (Å²) < 4.78 is 0. The predicted molar refractivity (Wildman–Crippen MR) is 85.3 cm³/mol. The maximum Gasteiger partial charge on any atom is 0.113 e. The van der Waals surface area contributed by atoms with E-state index in [-0.39, 0.29) is 17.6 Å². The van der Waals surface area contributed by atoms with Crippen LogP contribution in [0.5, 0.6) is 0 Å². The summed E-state index contributed by atoms with van der Waals surface area (Å²) in [5.41, 5.74) is 0. The molecule has 1 fully saturated rings. The van der Waals surface area contributed by atoms with Gasteiger partial charge in [0.1, 0.15) is 6.16 Å². The second-order valence-electron chi connectivity index (χ2n) is 5.17. The van der Waals surface area contributed by atoms with Gasteiger partial charge in [-0.05, 0) is 30.1 Å². The lowest BCUT2D eigenvalue weighted by Gasteiger charge is -2.47. The van der Waals surface area contributed by atoms with Gasteiger partial charge in [0, 0.05) is 12.2 Å². The van der Waals surface area contributed by atoms with Gasteiger partial charge in [0.05, 0.1) is 20.0 Å². The Bertz CT molecular complexity index is 219. The SMILES string of the molecule is CCC=[P+](C)CCS1(CCCCC)CCC1. The van der Waals surface area contributed by atoms with Crippen LogP contribution in [-0.2, 0) is 0 Å². The van der Waals surface area contributed by atoms with E-state index >= 15 is 0 Å². The molecule has 0 radical (unpaired) electrons. The van der Waals surface area contributed by atoms with E-state index < -0.39 is 0 Å². The van der Waals surface area contributed by atoms with Gasteiger partial charge in [-0.2, -0.15) is 0 Å². The maximum absolute atomic E-state index is 2.56. The van der Waals surface area contributed by atoms with Crippen molar-refractivity contribution in [3.63, 3.8) is 0 Å². The minimum absolute atomic E-state index is 0.0858. The lowest BCUT2D eigenvalue weighted by atomic mass is 10.3. The second-order valence-corrected chi connectivity index (χ2v) is 11.6. The van der Waals surface area contributed by atoms with Crippen LogP contribution in [0.1, 0.15) is 46.0 Å². The largest absolute Gasteiger partial charge is 0.237 e. The fourth-order valence-corrected chi connectivity index (χ4v) is 8.91. The van der Waals surface area contributed by atoms with Gasteiger partial charge in [-0.3, -0.25) is 0 Å². The third kappa shape index (κ3) is 4.80. The summed E-state index contributed by atoms with van der Waals surface area (Å²) >= 11 is 0. The molecule has 1 aliphatic heterocycles. The van der Waals surface area contributed by atoms with Gasteiger partial charge >= 0.3 is 0 Å². The molecule has 1 atom stereocenters. The molecule has 0 spiro atoms. The Morgan fingerprint density at radius 3 is 2.38 bits per heavy atom. The minimum Gasteiger partial charge on any atom is -0.237 e. The monoisotopic (exact) mass is 261 g/mol. The molecule has 1 saturated heterocycles. The summed E-state index contributed by atoms with van der Waals surface area (Å²) in [7, 11) is 0.175. The van der Waals surface area contributed by atoms with Gasteiger partial charge < -0.3 is 0 Å². The van der Waals surface area contributed by atoms with E-state index in [0.717, 1.165) is 0 Å². The zero-order valence-electron chi connectivity index (χ0n) is 11.5. The maximum atomic E-state index is 2.56. The van der Waals surface area contributed by atoms with E-state index in [9.17, 15) is 0 Å². The van der Waals surface area contributed by atoms with E-state index in [1.165, 1.54) is 31.8 Å². The fraction of sp³-hybridized carbons (Fsp3) is 0.929. The standard InChI is InChI=1S/C14H30PS/c1-4-6-7-11-16(12-8-13-16)14-10-15(3)9-5-2/h9H,4-8,10-14H2,1-3H3/q+1. The van der Waals surface area contributed by atoms with Gasteiger partial charge in [0.15, 0.2) is 0 Å². The second kappa shape index (κ2) is 7.77. The Kier molecular flexibility index (Phi) is 7.08. The summed E-state index contributed by atoms with van der Waals surface area (Å²) in [6.07, 6.45) is 8.73. The summed E-state index contributed by atoms with van der Waals surface area (Å²) in [5, 5.41) is 0. The normalized spacial score (nSPS) is 21.6.